The van der Waals surface area contributed by atoms with Gasteiger partial charge in [-0.2, -0.15) is 0 Å². The molecule has 0 aliphatic carbocycles. The van der Waals surface area contributed by atoms with Crippen molar-refractivity contribution < 1.29 is 23.9 Å². The minimum atomic E-state index is -1.03. The smallest absolute Gasteiger partial charge is 0.334 e. The van der Waals surface area contributed by atoms with Crippen LogP contribution in [0.15, 0.2) is 18.2 Å². The minimum absolute atomic E-state index is 0.0351. The number of nitrogens with zero attached hydrogens (tertiary/aromatic N) is 2. The van der Waals surface area contributed by atoms with Crippen molar-refractivity contribution in [2.24, 2.45) is 0 Å². The lowest BCUT2D eigenvalue weighted by molar-refractivity contribution is -0.145. The van der Waals surface area contributed by atoms with Crippen LogP contribution in [-0.2, 0) is 19.8 Å². The first-order chi connectivity index (χ1) is 11.0. The van der Waals surface area contributed by atoms with Crippen LogP contribution in [0, 0.1) is 6.92 Å². The molecule has 0 atom stereocenters. The molecule has 1 fully saturated rings. The molecule has 0 saturated carbocycles. The van der Waals surface area contributed by atoms with Crippen molar-refractivity contribution in [1.82, 2.24) is 9.80 Å². The van der Waals surface area contributed by atoms with Crippen molar-refractivity contribution in [3.63, 3.8) is 0 Å². The number of benzene rings is 1. The van der Waals surface area contributed by atoms with E-state index in [-0.39, 0.29) is 5.41 Å². The SMILES string of the molecule is Cc1cc(C(C)(C)C)ccc1OC(=O)CN1C(=O)C(=O)N(C)C1=O. The number of aryl methyl sites for hydroxylation is 1. The van der Waals surface area contributed by atoms with Crippen LogP contribution in [-0.4, -0.2) is 47.2 Å². The Morgan fingerprint density at radius 1 is 1.12 bits per heavy atom. The normalized spacial score (nSPS) is 15.3. The van der Waals surface area contributed by atoms with Crippen molar-refractivity contribution in [1.29, 1.82) is 0 Å². The van der Waals surface area contributed by atoms with Crippen LogP contribution in [0.5, 0.6) is 5.75 Å². The Balaban J connectivity index is 2.10. The van der Waals surface area contributed by atoms with E-state index in [2.05, 4.69) is 20.8 Å². The minimum Gasteiger partial charge on any atom is -0.425 e. The zero-order valence-electron chi connectivity index (χ0n) is 14.4. The molecule has 128 valence electrons. The number of hydrogen-bond acceptors (Lipinski definition) is 5. The molecule has 0 radical (unpaired) electrons. The van der Waals surface area contributed by atoms with E-state index in [1.807, 2.05) is 12.1 Å². The second kappa shape index (κ2) is 6.07. The number of imide groups is 2. The van der Waals surface area contributed by atoms with Gasteiger partial charge in [-0.15, -0.1) is 0 Å². The van der Waals surface area contributed by atoms with Crippen LogP contribution in [0.3, 0.4) is 0 Å². The molecule has 2 rings (SSSR count). The Bertz CT molecular complexity index is 733. The summed E-state index contributed by atoms with van der Waals surface area (Å²) < 4.78 is 5.23. The second-order valence-electron chi connectivity index (χ2n) is 6.74. The highest BCUT2D eigenvalue weighted by Crippen LogP contribution is 2.27. The van der Waals surface area contributed by atoms with Gasteiger partial charge in [0.15, 0.2) is 0 Å². The number of urea groups is 1. The molecule has 1 heterocycles. The number of carbonyl (C=O) groups excluding carboxylic acids is 4. The Hall–Kier alpha value is -2.70. The van der Waals surface area contributed by atoms with Gasteiger partial charge in [0, 0.05) is 7.05 Å². The van der Waals surface area contributed by atoms with Crippen LogP contribution in [0.4, 0.5) is 4.79 Å². The molecule has 0 bridgehead atoms. The summed E-state index contributed by atoms with van der Waals surface area (Å²) in [6, 6.07) is 4.63. The van der Waals surface area contributed by atoms with E-state index in [0.717, 1.165) is 11.1 Å². The standard InChI is InChI=1S/C17H20N2O5/c1-10-8-11(17(2,3)4)6-7-12(10)24-13(20)9-19-15(22)14(21)18(5)16(19)23/h6-8H,9H2,1-5H3. The molecule has 24 heavy (non-hydrogen) atoms. The van der Waals surface area contributed by atoms with Crippen LogP contribution < -0.4 is 4.74 Å². The molecule has 1 aliphatic heterocycles. The molecule has 7 heteroatoms. The molecule has 0 spiro atoms. The third kappa shape index (κ3) is 3.29. The number of likely N-dealkylation sites (N-methyl/N-ethyl adjacent to an activating group) is 1. The van der Waals surface area contributed by atoms with Crippen molar-refractivity contribution in [3.05, 3.63) is 29.3 Å². The molecular weight excluding hydrogens is 312 g/mol. The Morgan fingerprint density at radius 2 is 1.75 bits per heavy atom. The van der Waals surface area contributed by atoms with E-state index in [1.165, 1.54) is 7.05 Å². The first-order valence-electron chi connectivity index (χ1n) is 7.47. The second-order valence-corrected chi connectivity index (χ2v) is 6.74. The zero-order chi connectivity index (χ0) is 18.2. The van der Waals surface area contributed by atoms with Crippen molar-refractivity contribution in [2.75, 3.05) is 13.6 Å². The van der Waals surface area contributed by atoms with E-state index in [0.29, 0.717) is 15.5 Å². The van der Waals surface area contributed by atoms with Crippen molar-refractivity contribution in [2.45, 2.75) is 33.1 Å². The van der Waals surface area contributed by atoms with Gasteiger partial charge >= 0.3 is 23.8 Å². The van der Waals surface area contributed by atoms with Gasteiger partial charge in [0.05, 0.1) is 0 Å². The highest BCUT2D eigenvalue weighted by atomic mass is 16.5. The quantitative estimate of drug-likeness (QED) is 0.363. The van der Waals surface area contributed by atoms with Crippen LogP contribution >= 0.6 is 0 Å². The van der Waals surface area contributed by atoms with Gasteiger partial charge in [-0.25, -0.2) is 14.5 Å². The molecule has 1 aromatic rings. The first kappa shape index (κ1) is 17.7. The molecule has 7 nitrogen and oxygen atoms in total. The Labute approximate surface area is 140 Å². The summed E-state index contributed by atoms with van der Waals surface area (Å²) in [6.07, 6.45) is 0. The average molecular weight is 332 g/mol. The van der Waals surface area contributed by atoms with Gasteiger partial charge in [-0.1, -0.05) is 32.9 Å². The summed E-state index contributed by atoms with van der Waals surface area (Å²) in [6.45, 7) is 7.43. The Morgan fingerprint density at radius 3 is 2.21 bits per heavy atom. The van der Waals surface area contributed by atoms with E-state index in [4.69, 9.17) is 4.74 Å². The highest BCUT2D eigenvalue weighted by molar-refractivity contribution is 6.44. The van der Waals surface area contributed by atoms with Crippen LogP contribution in [0.25, 0.3) is 0 Å². The molecule has 1 aromatic carbocycles. The number of rotatable bonds is 3. The lowest BCUT2D eigenvalue weighted by Crippen LogP contribution is -2.37. The number of carbonyl (C=O) groups is 4. The maximum absolute atomic E-state index is 12.0. The monoisotopic (exact) mass is 332 g/mol. The number of hydrogen-bond donors (Lipinski definition) is 0. The largest absolute Gasteiger partial charge is 0.425 e. The van der Waals surface area contributed by atoms with Gasteiger partial charge in [-0.3, -0.25) is 14.5 Å². The number of esters is 1. The van der Waals surface area contributed by atoms with Crippen molar-refractivity contribution >= 4 is 23.8 Å². The van der Waals surface area contributed by atoms with Gasteiger partial charge in [0.2, 0.25) is 0 Å². The predicted octanol–water partition coefficient (Wildman–Crippen LogP) is 1.62. The van der Waals surface area contributed by atoms with Crippen LogP contribution in [0.2, 0.25) is 0 Å². The molecule has 0 unspecified atom stereocenters. The molecule has 1 aliphatic rings. The fourth-order valence-corrected chi connectivity index (χ4v) is 2.27. The number of amides is 4. The average Bonchev–Trinajstić information content (AvgIpc) is 2.66. The summed E-state index contributed by atoms with van der Waals surface area (Å²) in [5, 5.41) is 0. The summed E-state index contributed by atoms with van der Waals surface area (Å²) in [5.74, 6) is -2.42. The maximum Gasteiger partial charge on any atom is 0.334 e. The lowest BCUT2D eigenvalue weighted by Gasteiger charge is -2.20. The Kier molecular flexibility index (Phi) is 4.46. The zero-order valence-corrected chi connectivity index (χ0v) is 14.4. The molecule has 4 amide bonds. The van der Waals surface area contributed by atoms with E-state index in [9.17, 15) is 19.2 Å². The summed E-state index contributed by atoms with van der Waals surface area (Å²) in [4.78, 5) is 48.0. The first-order valence-corrected chi connectivity index (χ1v) is 7.47. The van der Waals surface area contributed by atoms with E-state index >= 15 is 0 Å². The molecule has 1 saturated heterocycles. The third-order valence-corrected chi connectivity index (χ3v) is 3.80. The third-order valence-electron chi connectivity index (χ3n) is 3.80. The molecule has 0 N–H and O–H groups in total. The van der Waals surface area contributed by atoms with Gasteiger partial charge in [0.25, 0.3) is 0 Å². The van der Waals surface area contributed by atoms with Crippen molar-refractivity contribution in [3.8, 4) is 5.75 Å². The van der Waals surface area contributed by atoms with Gasteiger partial charge < -0.3 is 4.74 Å². The summed E-state index contributed by atoms with van der Waals surface area (Å²) in [7, 11) is 1.18. The highest BCUT2D eigenvalue weighted by Gasteiger charge is 2.43. The molecular formula is C17H20N2O5. The maximum atomic E-state index is 12.0. The summed E-state index contributed by atoms with van der Waals surface area (Å²) in [5.41, 5.74) is 1.83. The fraction of sp³-hybridized carbons (Fsp3) is 0.412. The number of ether oxygens (including phenoxy) is 1. The van der Waals surface area contributed by atoms with E-state index in [1.54, 1.807) is 13.0 Å². The summed E-state index contributed by atoms with van der Waals surface area (Å²) >= 11 is 0. The van der Waals surface area contributed by atoms with Crippen LogP contribution in [0.1, 0.15) is 31.9 Å². The van der Waals surface area contributed by atoms with Gasteiger partial charge in [-0.05, 0) is 29.5 Å². The predicted molar refractivity (Wildman–Crippen MR) is 85.4 cm³/mol. The lowest BCUT2D eigenvalue weighted by atomic mass is 9.86. The fourth-order valence-electron chi connectivity index (χ4n) is 2.27. The van der Waals surface area contributed by atoms with E-state index < -0.39 is 30.4 Å². The topological polar surface area (TPSA) is 84.0 Å². The molecule has 0 aromatic heterocycles. The van der Waals surface area contributed by atoms with Gasteiger partial charge in [0.1, 0.15) is 12.3 Å².